The van der Waals surface area contributed by atoms with E-state index in [9.17, 15) is 24.6 Å². The second-order valence-electron chi connectivity index (χ2n) is 12.5. The van der Waals surface area contributed by atoms with Crippen LogP contribution in [0, 0.1) is 34.0 Å². The number of esters is 1. The highest BCUT2D eigenvalue weighted by molar-refractivity contribution is 5.94. The van der Waals surface area contributed by atoms with Crippen molar-refractivity contribution >= 4 is 17.5 Å². The number of ether oxygens (including phenoxy) is 1. The lowest BCUT2D eigenvalue weighted by Gasteiger charge is -2.62. The van der Waals surface area contributed by atoms with Crippen LogP contribution in [-0.4, -0.2) is 51.7 Å². The van der Waals surface area contributed by atoms with Crippen LogP contribution in [0.3, 0.4) is 0 Å². The average Bonchev–Trinajstić information content (AvgIpc) is 2.96. The van der Waals surface area contributed by atoms with Crippen LogP contribution in [0.4, 0.5) is 8.78 Å². The van der Waals surface area contributed by atoms with Gasteiger partial charge in [0.25, 0.3) is 0 Å². The molecule has 0 aliphatic heterocycles. The summed E-state index contributed by atoms with van der Waals surface area (Å²) in [5, 5.41) is 23.2. The minimum absolute atomic E-state index is 0.0675. The maximum Gasteiger partial charge on any atom is 0.311 e. The molecule has 4 aliphatic carbocycles. The third-order valence-electron chi connectivity index (χ3n) is 9.61. The zero-order valence-electron chi connectivity index (χ0n) is 21.3. The second-order valence-corrected chi connectivity index (χ2v) is 12.5. The van der Waals surface area contributed by atoms with Crippen molar-refractivity contribution in [1.82, 2.24) is 0 Å². The number of alkyl halides is 1. The van der Waals surface area contributed by atoms with Crippen LogP contribution in [0.2, 0.25) is 0 Å². The van der Waals surface area contributed by atoms with Crippen molar-refractivity contribution < 1.29 is 38.1 Å². The van der Waals surface area contributed by atoms with Crippen LogP contribution in [0.25, 0.3) is 0 Å². The first-order valence-electron chi connectivity index (χ1n) is 12.3. The number of aliphatic hydroxyl groups is 2. The summed E-state index contributed by atoms with van der Waals surface area (Å²) in [6, 6.07) is 0. The lowest BCUT2D eigenvalue weighted by atomic mass is 9.45. The maximum absolute atomic E-state index is 17.2. The third kappa shape index (κ3) is 3.28. The van der Waals surface area contributed by atoms with Gasteiger partial charge in [0.15, 0.2) is 18.1 Å². The van der Waals surface area contributed by atoms with E-state index in [0.717, 1.165) is 0 Å². The van der Waals surface area contributed by atoms with Gasteiger partial charge < -0.3 is 14.9 Å². The van der Waals surface area contributed by atoms with Crippen LogP contribution >= 0.6 is 0 Å². The number of rotatable bonds is 3. The molecule has 8 heteroatoms. The summed E-state index contributed by atoms with van der Waals surface area (Å²) in [7, 11) is 0. The van der Waals surface area contributed by atoms with E-state index in [-0.39, 0.29) is 37.0 Å². The molecule has 0 radical (unpaired) electrons. The van der Waals surface area contributed by atoms with Crippen molar-refractivity contribution in [1.29, 1.82) is 0 Å². The summed E-state index contributed by atoms with van der Waals surface area (Å²) in [6.07, 6.45) is 0.489. The van der Waals surface area contributed by atoms with Crippen molar-refractivity contribution in [2.24, 2.45) is 34.0 Å². The Morgan fingerprint density at radius 1 is 1.23 bits per heavy atom. The Morgan fingerprint density at radius 3 is 2.46 bits per heavy atom. The number of ketones is 2. The first kappa shape index (κ1) is 26.1. The molecular formula is C27H36F2O6. The highest BCUT2D eigenvalue weighted by atomic mass is 19.1. The van der Waals surface area contributed by atoms with E-state index in [2.05, 4.69) is 0 Å². The fourth-order valence-corrected chi connectivity index (χ4v) is 7.57. The number of allylic oxidation sites excluding steroid dienone is 4. The zero-order valence-corrected chi connectivity index (χ0v) is 21.3. The Hall–Kier alpha value is -1.93. The summed E-state index contributed by atoms with van der Waals surface area (Å²) >= 11 is 0. The second kappa shape index (κ2) is 7.78. The van der Waals surface area contributed by atoms with E-state index in [4.69, 9.17) is 4.74 Å². The molecule has 6 nitrogen and oxygen atoms in total. The molecule has 35 heavy (non-hydrogen) atoms. The van der Waals surface area contributed by atoms with Crippen molar-refractivity contribution in [3.05, 3.63) is 23.6 Å². The summed E-state index contributed by atoms with van der Waals surface area (Å²) in [6.45, 7) is 9.15. The smallest absolute Gasteiger partial charge is 0.311 e. The molecule has 2 unspecified atom stereocenters. The van der Waals surface area contributed by atoms with Crippen LogP contribution < -0.4 is 0 Å². The number of carbonyl (C=O) groups excluding carboxylic acids is 3. The van der Waals surface area contributed by atoms with E-state index >= 15 is 8.78 Å². The van der Waals surface area contributed by atoms with Gasteiger partial charge in [-0.25, -0.2) is 8.78 Å². The first-order valence-corrected chi connectivity index (χ1v) is 12.3. The highest BCUT2D eigenvalue weighted by Crippen LogP contribution is 2.71. The van der Waals surface area contributed by atoms with Gasteiger partial charge in [0, 0.05) is 29.6 Å². The van der Waals surface area contributed by atoms with Crippen molar-refractivity contribution in [2.45, 2.75) is 84.6 Å². The summed E-state index contributed by atoms with van der Waals surface area (Å²) < 4.78 is 37.8. The molecule has 4 rings (SSSR count). The molecule has 194 valence electrons. The number of hydrogen-bond acceptors (Lipinski definition) is 6. The van der Waals surface area contributed by atoms with Crippen molar-refractivity contribution in [3.63, 3.8) is 0 Å². The zero-order chi connectivity index (χ0) is 26.4. The standard InChI is InChI=1S/C27H36F2O6/c1-14-9-16-17-11-19(28)18-10-15(30)7-8-24(18,5)26(17,29)20(31)12-25(16,6)27(14,34)21(32)13-35-22(33)23(2,3)4/h7-8,14,16-17,20,31,34H,9-13H2,1-6H3/t14-,16?,17?,20+,24+,25+,26+,27+/m1/s1. The van der Waals surface area contributed by atoms with Crippen LogP contribution in [0.15, 0.2) is 23.6 Å². The van der Waals surface area contributed by atoms with Gasteiger partial charge in [0.1, 0.15) is 11.4 Å². The van der Waals surface area contributed by atoms with E-state index in [1.54, 1.807) is 34.6 Å². The van der Waals surface area contributed by atoms with Gasteiger partial charge >= 0.3 is 5.97 Å². The lowest BCUT2D eigenvalue weighted by molar-refractivity contribution is -0.217. The summed E-state index contributed by atoms with van der Waals surface area (Å²) in [5.74, 6) is -4.42. The maximum atomic E-state index is 17.2. The van der Waals surface area contributed by atoms with Gasteiger partial charge in [-0.15, -0.1) is 0 Å². The molecule has 0 aromatic carbocycles. The summed E-state index contributed by atoms with van der Waals surface area (Å²) in [5.41, 5.74) is -7.80. The molecule has 0 heterocycles. The average molecular weight is 495 g/mol. The molecule has 0 saturated heterocycles. The molecule has 2 fully saturated rings. The number of aliphatic hydroxyl groups excluding tert-OH is 1. The SMILES string of the molecule is C[C@@H]1CC2C3CC(F)=C4CC(=O)C=C[C@]4(C)[C@@]3(F)[C@@H](O)C[C@]2(C)[C@@]1(O)C(=O)COC(=O)C(C)(C)C. The number of hydrogen-bond donors (Lipinski definition) is 2. The predicted octanol–water partition coefficient (Wildman–Crippen LogP) is 3.79. The molecule has 0 amide bonds. The number of Topliss-reactive ketones (excluding diaryl/α,β-unsaturated/α-hetero) is 1. The van der Waals surface area contributed by atoms with Crippen LogP contribution in [-0.2, 0) is 19.1 Å². The number of halogens is 2. The van der Waals surface area contributed by atoms with Gasteiger partial charge in [-0.2, -0.15) is 0 Å². The Morgan fingerprint density at radius 2 is 1.86 bits per heavy atom. The van der Waals surface area contributed by atoms with Crippen LogP contribution in [0.1, 0.15) is 67.2 Å². The van der Waals surface area contributed by atoms with Gasteiger partial charge in [-0.3, -0.25) is 14.4 Å². The van der Waals surface area contributed by atoms with Gasteiger partial charge in [0.2, 0.25) is 5.78 Å². The number of fused-ring (bicyclic) bond motifs is 5. The van der Waals surface area contributed by atoms with E-state index in [0.29, 0.717) is 0 Å². The molecule has 2 saturated carbocycles. The largest absolute Gasteiger partial charge is 0.457 e. The van der Waals surface area contributed by atoms with E-state index in [1.165, 1.54) is 19.1 Å². The number of carbonyl (C=O) groups is 3. The third-order valence-corrected chi connectivity index (χ3v) is 9.61. The van der Waals surface area contributed by atoms with Gasteiger partial charge in [-0.1, -0.05) is 19.9 Å². The molecule has 0 aromatic rings. The van der Waals surface area contributed by atoms with Crippen LogP contribution in [0.5, 0.6) is 0 Å². The topological polar surface area (TPSA) is 101 Å². The van der Waals surface area contributed by atoms with Gasteiger partial charge in [-0.05, 0) is 64.0 Å². The van der Waals surface area contributed by atoms with Gasteiger partial charge in [0.05, 0.1) is 11.5 Å². The molecule has 8 atom stereocenters. The predicted molar refractivity (Wildman–Crippen MR) is 123 cm³/mol. The molecule has 0 spiro atoms. The minimum atomic E-state index is -2.27. The first-order chi connectivity index (χ1) is 15.9. The molecule has 2 N–H and O–H groups in total. The Bertz CT molecular complexity index is 1040. The summed E-state index contributed by atoms with van der Waals surface area (Å²) in [4.78, 5) is 37.6. The Balaban J connectivity index is 1.73. The van der Waals surface area contributed by atoms with Crippen molar-refractivity contribution in [2.75, 3.05) is 6.61 Å². The quantitative estimate of drug-likeness (QED) is 0.579. The molecule has 4 aliphatic rings. The van der Waals surface area contributed by atoms with E-state index < -0.39 is 75.6 Å². The lowest BCUT2D eigenvalue weighted by Crippen LogP contribution is -2.69. The van der Waals surface area contributed by atoms with Crippen molar-refractivity contribution in [3.8, 4) is 0 Å². The Kier molecular flexibility index (Phi) is 5.81. The normalized spacial score (nSPS) is 45.0. The fourth-order valence-electron chi connectivity index (χ4n) is 7.57. The molecular weight excluding hydrogens is 458 g/mol. The minimum Gasteiger partial charge on any atom is -0.457 e. The fraction of sp³-hybridized carbons (Fsp3) is 0.741. The Labute approximate surface area is 204 Å². The van der Waals surface area contributed by atoms with E-state index in [1.807, 2.05) is 0 Å². The highest BCUT2D eigenvalue weighted by Gasteiger charge is 2.76. The molecule has 0 aromatic heterocycles. The monoisotopic (exact) mass is 494 g/mol. The molecule has 0 bridgehead atoms.